The molecule has 0 heterocycles. The average molecular weight is 451 g/mol. The molecule has 0 saturated heterocycles. The summed E-state index contributed by atoms with van der Waals surface area (Å²) in [5.41, 5.74) is 5.43. The van der Waals surface area contributed by atoms with Crippen molar-refractivity contribution in [3.05, 3.63) is 95.0 Å². The Morgan fingerprint density at radius 2 is 1.56 bits per heavy atom. The lowest BCUT2D eigenvalue weighted by atomic mass is 10.0. The van der Waals surface area contributed by atoms with Crippen molar-refractivity contribution in [2.45, 2.75) is 26.4 Å². The van der Waals surface area contributed by atoms with Gasteiger partial charge in [-0.1, -0.05) is 60.1 Å². The fraction of sp³-hybridized carbons (Fsp3) is 0.222. The van der Waals surface area contributed by atoms with Crippen molar-refractivity contribution in [1.29, 1.82) is 0 Å². The van der Waals surface area contributed by atoms with Crippen LogP contribution in [0.15, 0.2) is 78.9 Å². The molecule has 5 heteroatoms. The molecule has 0 spiro atoms. The van der Waals surface area contributed by atoms with Gasteiger partial charge in [-0.05, 0) is 72.0 Å². The van der Waals surface area contributed by atoms with E-state index >= 15 is 0 Å². The summed E-state index contributed by atoms with van der Waals surface area (Å²) in [6, 6.07) is 23.7. The minimum absolute atomic E-state index is 0.328. The van der Waals surface area contributed by atoms with Gasteiger partial charge in [0.2, 0.25) is 0 Å². The standard InChI is InChI=1S/C27H27ClO4/c1-3-31-26(27(29)30)18-20-4-14-25(15-5-20)32-17-16-19(2)21-6-8-22(9-7-21)23-10-12-24(28)13-11-23/h4-16,26H,3,17-18H2,1-2H3,(H,29,30)/t26-/m0/s1. The Hall–Kier alpha value is -3.08. The highest BCUT2D eigenvalue weighted by atomic mass is 35.5. The number of aliphatic carboxylic acids is 1. The summed E-state index contributed by atoms with van der Waals surface area (Å²) in [6.07, 6.45) is 1.54. The minimum atomic E-state index is -0.950. The Morgan fingerprint density at radius 3 is 2.12 bits per heavy atom. The van der Waals surface area contributed by atoms with Gasteiger partial charge in [0.05, 0.1) is 0 Å². The zero-order chi connectivity index (χ0) is 22.9. The normalized spacial score (nSPS) is 12.4. The van der Waals surface area contributed by atoms with Crippen molar-refractivity contribution >= 4 is 23.1 Å². The molecule has 0 aliphatic heterocycles. The predicted octanol–water partition coefficient (Wildman–Crippen LogP) is 6.52. The molecule has 0 fully saturated rings. The zero-order valence-electron chi connectivity index (χ0n) is 18.3. The summed E-state index contributed by atoms with van der Waals surface area (Å²) in [7, 11) is 0. The first-order valence-corrected chi connectivity index (χ1v) is 10.9. The van der Waals surface area contributed by atoms with Crippen LogP contribution in [0.4, 0.5) is 0 Å². The lowest BCUT2D eigenvalue weighted by molar-refractivity contribution is -0.149. The third-order valence-corrected chi connectivity index (χ3v) is 5.40. The first-order valence-electron chi connectivity index (χ1n) is 10.6. The van der Waals surface area contributed by atoms with E-state index in [0.717, 1.165) is 38.6 Å². The Bertz CT molecular complexity index is 1040. The van der Waals surface area contributed by atoms with Gasteiger partial charge >= 0.3 is 5.97 Å². The zero-order valence-corrected chi connectivity index (χ0v) is 19.0. The highest BCUT2D eigenvalue weighted by molar-refractivity contribution is 6.30. The van der Waals surface area contributed by atoms with Crippen LogP contribution in [0.1, 0.15) is 25.0 Å². The van der Waals surface area contributed by atoms with Gasteiger partial charge < -0.3 is 14.6 Å². The molecule has 0 radical (unpaired) electrons. The van der Waals surface area contributed by atoms with E-state index in [1.807, 2.05) is 54.6 Å². The van der Waals surface area contributed by atoms with Gasteiger partial charge in [-0.3, -0.25) is 0 Å². The fourth-order valence-electron chi connectivity index (χ4n) is 3.30. The van der Waals surface area contributed by atoms with E-state index in [9.17, 15) is 9.90 Å². The first-order chi connectivity index (χ1) is 15.5. The van der Waals surface area contributed by atoms with Gasteiger partial charge in [0.25, 0.3) is 0 Å². The van der Waals surface area contributed by atoms with Crippen molar-refractivity contribution in [2.75, 3.05) is 13.2 Å². The molecular formula is C27H27ClO4. The molecule has 3 aromatic carbocycles. The molecule has 1 N–H and O–H groups in total. The van der Waals surface area contributed by atoms with Crippen LogP contribution in [0, 0.1) is 0 Å². The molecule has 4 nitrogen and oxygen atoms in total. The Morgan fingerprint density at radius 1 is 0.969 bits per heavy atom. The number of carbonyl (C=O) groups is 1. The van der Waals surface area contributed by atoms with Crippen LogP contribution in [0.25, 0.3) is 16.7 Å². The smallest absolute Gasteiger partial charge is 0.333 e. The first kappa shape index (κ1) is 23.6. The molecule has 166 valence electrons. The summed E-state index contributed by atoms with van der Waals surface area (Å²) < 4.78 is 11.1. The number of hydrogen-bond acceptors (Lipinski definition) is 3. The molecule has 0 aliphatic rings. The van der Waals surface area contributed by atoms with Gasteiger partial charge in [-0.25, -0.2) is 4.79 Å². The Kier molecular flexibility index (Phi) is 8.48. The number of benzene rings is 3. The molecule has 0 amide bonds. The Balaban J connectivity index is 1.55. The summed E-state index contributed by atoms with van der Waals surface area (Å²) >= 11 is 5.96. The fourth-order valence-corrected chi connectivity index (χ4v) is 3.43. The third-order valence-electron chi connectivity index (χ3n) is 5.15. The second-order valence-corrected chi connectivity index (χ2v) is 7.85. The van der Waals surface area contributed by atoms with Gasteiger partial charge in [0.1, 0.15) is 12.4 Å². The molecule has 3 rings (SSSR count). The van der Waals surface area contributed by atoms with E-state index in [0.29, 0.717) is 19.6 Å². The second-order valence-electron chi connectivity index (χ2n) is 7.41. The lowest BCUT2D eigenvalue weighted by Gasteiger charge is -2.12. The number of allylic oxidation sites excluding steroid dienone is 1. The van der Waals surface area contributed by atoms with Gasteiger partial charge in [0, 0.05) is 18.1 Å². The maximum Gasteiger partial charge on any atom is 0.333 e. The number of halogens is 1. The van der Waals surface area contributed by atoms with Crippen molar-refractivity contribution in [3.8, 4) is 16.9 Å². The van der Waals surface area contributed by atoms with E-state index < -0.39 is 12.1 Å². The van der Waals surface area contributed by atoms with E-state index in [2.05, 4.69) is 31.2 Å². The van der Waals surface area contributed by atoms with E-state index in [-0.39, 0.29) is 0 Å². The lowest BCUT2D eigenvalue weighted by Crippen LogP contribution is -2.26. The summed E-state index contributed by atoms with van der Waals surface area (Å²) in [5.74, 6) is -0.215. The number of carboxylic acid groups (broad SMARTS) is 1. The van der Waals surface area contributed by atoms with Crippen molar-refractivity contribution in [2.24, 2.45) is 0 Å². The minimum Gasteiger partial charge on any atom is -0.490 e. The Labute approximate surface area is 194 Å². The number of ether oxygens (including phenoxy) is 2. The quantitative estimate of drug-likeness (QED) is 0.382. The molecule has 3 aromatic rings. The van der Waals surface area contributed by atoms with Crippen LogP contribution >= 0.6 is 11.6 Å². The van der Waals surface area contributed by atoms with Crippen LogP contribution in [0.5, 0.6) is 5.75 Å². The average Bonchev–Trinajstić information content (AvgIpc) is 2.80. The van der Waals surface area contributed by atoms with E-state index in [4.69, 9.17) is 21.1 Å². The van der Waals surface area contributed by atoms with Crippen molar-refractivity contribution < 1.29 is 19.4 Å². The second kappa shape index (κ2) is 11.5. The number of hydrogen-bond donors (Lipinski definition) is 1. The molecule has 0 saturated carbocycles. The molecule has 1 atom stereocenters. The maximum absolute atomic E-state index is 11.2. The van der Waals surface area contributed by atoms with Crippen molar-refractivity contribution in [3.63, 3.8) is 0 Å². The molecule has 32 heavy (non-hydrogen) atoms. The van der Waals surface area contributed by atoms with Gasteiger partial charge in [-0.2, -0.15) is 0 Å². The molecular weight excluding hydrogens is 424 g/mol. The highest BCUT2D eigenvalue weighted by Crippen LogP contribution is 2.24. The monoisotopic (exact) mass is 450 g/mol. The van der Waals surface area contributed by atoms with Crippen LogP contribution < -0.4 is 4.74 Å². The summed E-state index contributed by atoms with van der Waals surface area (Å²) in [6.45, 7) is 4.66. The van der Waals surface area contributed by atoms with Crippen LogP contribution in [0.2, 0.25) is 5.02 Å². The summed E-state index contributed by atoms with van der Waals surface area (Å²) in [5, 5.41) is 9.93. The summed E-state index contributed by atoms with van der Waals surface area (Å²) in [4.78, 5) is 11.2. The molecule has 0 bridgehead atoms. The van der Waals surface area contributed by atoms with Gasteiger partial charge in [-0.15, -0.1) is 0 Å². The molecule has 0 unspecified atom stereocenters. The van der Waals surface area contributed by atoms with E-state index in [1.54, 1.807) is 6.92 Å². The van der Waals surface area contributed by atoms with E-state index in [1.165, 1.54) is 0 Å². The molecule has 0 aromatic heterocycles. The number of carboxylic acids is 1. The van der Waals surface area contributed by atoms with Gasteiger partial charge in [0.15, 0.2) is 6.10 Å². The third kappa shape index (κ3) is 6.71. The predicted molar refractivity (Wildman–Crippen MR) is 129 cm³/mol. The maximum atomic E-state index is 11.2. The highest BCUT2D eigenvalue weighted by Gasteiger charge is 2.17. The van der Waals surface area contributed by atoms with Crippen LogP contribution in [-0.2, 0) is 16.0 Å². The topological polar surface area (TPSA) is 55.8 Å². The number of rotatable bonds is 10. The van der Waals surface area contributed by atoms with Crippen LogP contribution in [0.3, 0.4) is 0 Å². The van der Waals surface area contributed by atoms with Crippen molar-refractivity contribution in [1.82, 2.24) is 0 Å². The largest absolute Gasteiger partial charge is 0.490 e. The SMILES string of the molecule is CCO[C@@H](Cc1ccc(OCC=C(C)c2ccc(-c3ccc(Cl)cc3)cc2)cc1)C(=O)O. The van der Waals surface area contributed by atoms with Crippen LogP contribution in [-0.4, -0.2) is 30.4 Å². The molecule has 0 aliphatic carbocycles.